The highest BCUT2D eigenvalue weighted by Crippen LogP contribution is 2.13. The van der Waals surface area contributed by atoms with Crippen LogP contribution in [0.4, 0.5) is 4.39 Å². The Morgan fingerprint density at radius 2 is 1.78 bits per heavy atom. The van der Waals surface area contributed by atoms with Crippen molar-refractivity contribution in [1.29, 1.82) is 0 Å². The van der Waals surface area contributed by atoms with Gasteiger partial charge in [0, 0.05) is 4.47 Å². The van der Waals surface area contributed by atoms with E-state index in [1.54, 1.807) is 6.07 Å². The number of carbonyl (C=O) groups excluding carboxylic acids is 1. The lowest BCUT2D eigenvalue weighted by atomic mass is 10.2. The van der Waals surface area contributed by atoms with Crippen LogP contribution in [0.1, 0.15) is 15.9 Å². The van der Waals surface area contributed by atoms with E-state index < -0.39 is 11.8 Å². The van der Waals surface area contributed by atoms with Gasteiger partial charge in [-0.1, -0.05) is 40.2 Å². The predicted octanol–water partition coefficient (Wildman–Crippen LogP) is 3.95. The van der Waals surface area contributed by atoms with Crippen molar-refractivity contribution in [2.75, 3.05) is 0 Å². The van der Waals surface area contributed by atoms with Crippen LogP contribution in [0.3, 0.4) is 0 Å². The molecule has 92 valence electrons. The Morgan fingerprint density at radius 3 is 2.44 bits per heavy atom. The summed E-state index contributed by atoms with van der Waals surface area (Å²) in [4.78, 5) is 11.6. The van der Waals surface area contributed by atoms with Gasteiger partial charge in [-0.05, 0) is 29.8 Å². The Bertz CT molecular complexity index is 552. The molecule has 0 N–H and O–H groups in total. The molecule has 0 bridgehead atoms. The normalized spacial score (nSPS) is 10.1. The van der Waals surface area contributed by atoms with Crippen molar-refractivity contribution in [3.8, 4) is 0 Å². The zero-order valence-electron chi connectivity index (χ0n) is 9.40. The van der Waals surface area contributed by atoms with Crippen molar-refractivity contribution in [3.05, 3.63) is 69.9 Å². The molecule has 2 rings (SSSR count). The highest BCUT2D eigenvalue weighted by atomic mass is 79.9. The molecule has 0 aliphatic heterocycles. The molecule has 2 aromatic carbocycles. The first-order valence-electron chi connectivity index (χ1n) is 5.33. The van der Waals surface area contributed by atoms with Gasteiger partial charge < -0.3 is 4.74 Å². The van der Waals surface area contributed by atoms with E-state index in [0.29, 0.717) is 0 Å². The molecule has 0 aliphatic carbocycles. The molecular weight excluding hydrogens is 299 g/mol. The minimum atomic E-state index is -0.656. The minimum Gasteiger partial charge on any atom is -0.457 e. The summed E-state index contributed by atoms with van der Waals surface area (Å²) in [5, 5.41) is 0. The molecule has 0 spiro atoms. The van der Waals surface area contributed by atoms with Crippen LogP contribution in [0.5, 0.6) is 0 Å². The van der Waals surface area contributed by atoms with E-state index in [2.05, 4.69) is 15.9 Å². The summed E-state index contributed by atoms with van der Waals surface area (Å²) in [6, 6.07) is 13.1. The van der Waals surface area contributed by atoms with Gasteiger partial charge in [-0.15, -0.1) is 0 Å². The molecule has 0 atom stereocenters. The lowest BCUT2D eigenvalue weighted by molar-refractivity contribution is 0.0467. The molecule has 4 heteroatoms. The molecule has 0 saturated carbocycles. The number of rotatable bonds is 3. The Hall–Kier alpha value is -1.68. The van der Waals surface area contributed by atoms with Crippen LogP contribution in [0.15, 0.2) is 53.0 Å². The molecular formula is C14H10BrFO2. The van der Waals surface area contributed by atoms with Crippen molar-refractivity contribution in [3.63, 3.8) is 0 Å². The average molecular weight is 309 g/mol. The van der Waals surface area contributed by atoms with Crippen LogP contribution in [0, 0.1) is 5.82 Å². The van der Waals surface area contributed by atoms with Crippen LogP contribution in [-0.2, 0) is 11.3 Å². The summed E-state index contributed by atoms with van der Waals surface area (Å²) in [7, 11) is 0. The van der Waals surface area contributed by atoms with E-state index >= 15 is 0 Å². The summed E-state index contributed by atoms with van der Waals surface area (Å²) < 4.78 is 19.3. The molecule has 0 fully saturated rings. The second kappa shape index (κ2) is 5.78. The molecule has 2 nitrogen and oxygen atoms in total. The molecule has 0 saturated heterocycles. The molecule has 0 radical (unpaired) electrons. The first kappa shape index (κ1) is 12.8. The van der Waals surface area contributed by atoms with Gasteiger partial charge in [0.05, 0.1) is 5.56 Å². The second-order valence-corrected chi connectivity index (χ2v) is 4.60. The summed E-state index contributed by atoms with van der Waals surface area (Å²) in [5.41, 5.74) is 0.803. The molecule has 0 amide bonds. The van der Waals surface area contributed by atoms with Crippen molar-refractivity contribution in [2.24, 2.45) is 0 Å². The molecule has 0 aromatic heterocycles. The Labute approximate surface area is 113 Å². The summed E-state index contributed by atoms with van der Waals surface area (Å²) in [5.74, 6) is -1.23. The van der Waals surface area contributed by atoms with Crippen LogP contribution < -0.4 is 0 Å². The smallest absolute Gasteiger partial charge is 0.341 e. The Balaban J connectivity index is 2.01. The van der Waals surface area contributed by atoms with Gasteiger partial charge >= 0.3 is 5.97 Å². The number of hydrogen-bond acceptors (Lipinski definition) is 2. The standard InChI is InChI=1S/C14H10BrFO2/c15-11-7-5-10(6-8-11)9-18-14(17)12-3-1-2-4-13(12)16/h1-8H,9H2. The third-order valence-electron chi connectivity index (χ3n) is 2.38. The van der Waals surface area contributed by atoms with Crippen LogP contribution in [-0.4, -0.2) is 5.97 Å². The van der Waals surface area contributed by atoms with E-state index in [4.69, 9.17) is 4.74 Å². The maximum atomic E-state index is 13.3. The van der Waals surface area contributed by atoms with E-state index in [9.17, 15) is 9.18 Å². The average Bonchev–Trinajstić information content (AvgIpc) is 2.38. The van der Waals surface area contributed by atoms with E-state index in [1.807, 2.05) is 24.3 Å². The number of halogens is 2. The van der Waals surface area contributed by atoms with E-state index in [0.717, 1.165) is 10.0 Å². The van der Waals surface area contributed by atoms with Crippen LogP contribution >= 0.6 is 15.9 Å². The van der Waals surface area contributed by atoms with E-state index in [1.165, 1.54) is 18.2 Å². The van der Waals surface area contributed by atoms with Gasteiger partial charge in [0.1, 0.15) is 12.4 Å². The monoisotopic (exact) mass is 308 g/mol. The summed E-state index contributed by atoms with van der Waals surface area (Å²) in [6.45, 7) is 0.125. The minimum absolute atomic E-state index is 0.0467. The van der Waals surface area contributed by atoms with E-state index in [-0.39, 0.29) is 12.2 Å². The number of hydrogen-bond donors (Lipinski definition) is 0. The SMILES string of the molecule is O=C(OCc1ccc(Br)cc1)c1ccccc1F. The van der Waals surface area contributed by atoms with Crippen molar-refractivity contribution in [1.82, 2.24) is 0 Å². The number of esters is 1. The van der Waals surface area contributed by atoms with Crippen molar-refractivity contribution in [2.45, 2.75) is 6.61 Å². The first-order chi connectivity index (χ1) is 8.66. The van der Waals surface area contributed by atoms with Gasteiger partial charge in [-0.2, -0.15) is 0 Å². The molecule has 0 heterocycles. The maximum Gasteiger partial charge on any atom is 0.341 e. The zero-order valence-corrected chi connectivity index (χ0v) is 11.0. The summed E-state index contributed by atoms with van der Waals surface area (Å²) >= 11 is 3.31. The number of ether oxygens (including phenoxy) is 1. The van der Waals surface area contributed by atoms with Crippen molar-refractivity contribution >= 4 is 21.9 Å². The maximum absolute atomic E-state index is 13.3. The fourth-order valence-corrected chi connectivity index (χ4v) is 1.70. The topological polar surface area (TPSA) is 26.3 Å². The molecule has 0 aliphatic rings. The fourth-order valence-electron chi connectivity index (χ4n) is 1.43. The van der Waals surface area contributed by atoms with Gasteiger partial charge in [-0.3, -0.25) is 0 Å². The lowest BCUT2D eigenvalue weighted by Gasteiger charge is -2.05. The summed E-state index contributed by atoms with van der Waals surface area (Å²) in [6.07, 6.45) is 0. The molecule has 0 unspecified atom stereocenters. The third-order valence-corrected chi connectivity index (χ3v) is 2.91. The van der Waals surface area contributed by atoms with Gasteiger partial charge in [0.15, 0.2) is 0 Å². The van der Waals surface area contributed by atoms with Gasteiger partial charge in [0.25, 0.3) is 0 Å². The molecule has 2 aromatic rings. The highest BCUT2D eigenvalue weighted by molar-refractivity contribution is 9.10. The van der Waals surface area contributed by atoms with Gasteiger partial charge in [0.2, 0.25) is 0 Å². The number of carbonyl (C=O) groups is 1. The predicted molar refractivity (Wildman–Crippen MR) is 69.7 cm³/mol. The van der Waals surface area contributed by atoms with Crippen LogP contribution in [0.25, 0.3) is 0 Å². The Morgan fingerprint density at radius 1 is 1.11 bits per heavy atom. The van der Waals surface area contributed by atoms with Crippen molar-refractivity contribution < 1.29 is 13.9 Å². The second-order valence-electron chi connectivity index (χ2n) is 3.68. The largest absolute Gasteiger partial charge is 0.457 e. The molecule has 18 heavy (non-hydrogen) atoms. The van der Waals surface area contributed by atoms with Crippen LogP contribution in [0.2, 0.25) is 0 Å². The quantitative estimate of drug-likeness (QED) is 0.803. The Kier molecular flexibility index (Phi) is 4.10. The third kappa shape index (κ3) is 3.17. The fraction of sp³-hybridized carbons (Fsp3) is 0.0714. The lowest BCUT2D eigenvalue weighted by Crippen LogP contribution is -2.07. The van der Waals surface area contributed by atoms with Gasteiger partial charge in [-0.25, -0.2) is 9.18 Å². The first-order valence-corrected chi connectivity index (χ1v) is 6.12. The highest BCUT2D eigenvalue weighted by Gasteiger charge is 2.11. The number of benzene rings is 2. The zero-order chi connectivity index (χ0) is 13.0.